The minimum absolute atomic E-state index is 0.0400. The lowest BCUT2D eigenvalue weighted by Gasteiger charge is -2.01. The molecule has 3 heterocycles. The number of nitrogens with zero attached hydrogens (tertiary/aromatic N) is 3. The van der Waals surface area contributed by atoms with Crippen LogP contribution in [-0.4, -0.2) is 38.2 Å². The van der Waals surface area contributed by atoms with E-state index in [0.29, 0.717) is 34.0 Å². The maximum atomic E-state index is 11.7. The summed E-state index contributed by atoms with van der Waals surface area (Å²) in [7, 11) is 0. The number of aliphatic hydroxyl groups excluding tert-OH is 1. The van der Waals surface area contributed by atoms with Crippen LogP contribution in [0.25, 0.3) is 22.3 Å². The van der Waals surface area contributed by atoms with Crippen LogP contribution in [0.15, 0.2) is 28.8 Å². The Labute approximate surface area is 117 Å². The molecule has 7 nitrogen and oxygen atoms in total. The van der Waals surface area contributed by atoms with Crippen molar-refractivity contribution in [1.29, 1.82) is 0 Å². The maximum Gasteiger partial charge on any atom is 0.258 e. The summed E-state index contributed by atoms with van der Waals surface area (Å²) in [5.41, 5.74) is 1.55. The maximum absolute atomic E-state index is 11.7. The lowest BCUT2D eigenvalue weighted by Crippen LogP contribution is -2.07. The van der Waals surface area contributed by atoms with Crippen LogP contribution in [0.4, 0.5) is 5.13 Å². The Morgan fingerprint density at radius 2 is 2.30 bits per heavy atom. The average molecular weight is 289 g/mol. The van der Waals surface area contributed by atoms with E-state index in [1.165, 1.54) is 17.7 Å². The molecule has 20 heavy (non-hydrogen) atoms. The number of pyridine rings is 1. The van der Waals surface area contributed by atoms with Gasteiger partial charge in [-0.1, -0.05) is 0 Å². The molecule has 0 radical (unpaired) electrons. The van der Waals surface area contributed by atoms with Crippen molar-refractivity contribution in [1.82, 2.24) is 19.9 Å². The number of fused-ring (bicyclic) bond motifs is 1. The zero-order chi connectivity index (χ0) is 13.9. The summed E-state index contributed by atoms with van der Waals surface area (Å²) in [6, 6.07) is 1.63. The van der Waals surface area contributed by atoms with Gasteiger partial charge in [0.1, 0.15) is 16.9 Å². The number of hydrogen-bond donors (Lipinski definition) is 3. The van der Waals surface area contributed by atoms with E-state index in [1.807, 2.05) is 5.38 Å². The average Bonchev–Trinajstić information content (AvgIpc) is 2.94. The lowest BCUT2D eigenvalue weighted by atomic mass is 10.2. The third-order valence-electron chi connectivity index (χ3n) is 2.69. The predicted octanol–water partition coefficient (Wildman–Crippen LogP) is 0.846. The summed E-state index contributed by atoms with van der Waals surface area (Å²) in [5, 5.41) is 14.8. The zero-order valence-corrected chi connectivity index (χ0v) is 11.1. The zero-order valence-electron chi connectivity index (χ0n) is 10.3. The molecule has 0 aliphatic carbocycles. The van der Waals surface area contributed by atoms with E-state index in [4.69, 9.17) is 5.11 Å². The molecule has 0 unspecified atom stereocenters. The van der Waals surface area contributed by atoms with Gasteiger partial charge in [-0.05, 0) is 6.07 Å². The highest BCUT2D eigenvalue weighted by molar-refractivity contribution is 7.14. The quantitative estimate of drug-likeness (QED) is 0.657. The van der Waals surface area contributed by atoms with Crippen molar-refractivity contribution in [3.05, 3.63) is 34.3 Å². The number of rotatable bonds is 4. The number of nitrogens with one attached hydrogen (secondary N) is 2. The second-order valence-electron chi connectivity index (χ2n) is 3.98. The summed E-state index contributed by atoms with van der Waals surface area (Å²) in [5.74, 6) is 0. The van der Waals surface area contributed by atoms with Crippen LogP contribution >= 0.6 is 11.3 Å². The number of aromatic nitrogens is 4. The molecule has 0 saturated heterocycles. The first kappa shape index (κ1) is 12.7. The standard InChI is InChI=1S/C12H11N5O2S/c18-4-3-14-12-17-8(5-20-12)10-9-7(1-2-13-10)11(19)16-6-15-9/h1-2,5-6,18H,3-4H2,(H,14,17)(H,15,16,19). The first-order chi connectivity index (χ1) is 9.79. The van der Waals surface area contributed by atoms with E-state index in [9.17, 15) is 4.79 Å². The number of H-pyrrole nitrogens is 1. The molecule has 0 aromatic carbocycles. The molecule has 0 saturated carbocycles. The second-order valence-corrected chi connectivity index (χ2v) is 4.83. The fourth-order valence-corrected chi connectivity index (χ4v) is 2.54. The summed E-state index contributed by atoms with van der Waals surface area (Å²) in [4.78, 5) is 27.1. The normalized spacial score (nSPS) is 10.8. The Kier molecular flexibility index (Phi) is 3.40. The fourth-order valence-electron chi connectivity index (χ4n) is 1.82. The van der Waals surface area contributed by atoms with Crippen molar-refractivity contribution in [3.63, 3.8) is 0 Å². The van der Waals surface area contributed by atoms with E-state index in [1.54, 1.807) is 12.3 Å². The van der Waals surface area contributed by atoms with E-state index >= 15 is 0 Å². The van der Waals surface area contributed by atoms with Gasteiger partial charge in [0, 0.05) is 18.1 Å². The molecule has 0 aliphatic rings. The molecule has 102 valence electrons. The summed E-state index contributed by atoms with van der Waals surface area (Å²) < 4.78 is 0. The second kappa shape index (κ2) is 5.35. The first-order valence-corrected chi connectivity index (χ1v) is 6.80. The van der Waals surface area contributed by atoms with Gasteiger partial charge in [-0.2, -0.15) is 0 Å². The molecule has 0 aliphatic heterocycles. The number of aliphatic hydroxyl groups is 1. The number of hydrogen-bond acceptors (Lipinski definition) is 7. The van der Waals surface area contributed by atoms with Gasteiger partial charge >= 0.3 is 0 Å². The predicted molar refractivity (Wildman–Crippen MR) is 76.8 cm³/mol. The first-order valence-electron chi connectivity index (χ1n) is 5.92. The van der Waals surface area contributed by atoms with Crippen LogP contribution < -0.4 is 10.9 Å². The van der Waals surface area contributed by atoms with Crippen molar-refractivity contribution in [2.75, 3.05) is 18.5 Å². The Morgan fingerprint density at radius 1 is 1.40 bits per heavy atom. The Morgan fingerprint density at radius 3 is 3.15 bits per heavy atom. The van der Waals surface area contributed by atoms with Crippen LogP contribution in [-0.2, 0) is 0 Å². The molecule has 0 bridgehead atoms. The number of aromatic amines is 1. The molecule has 3 N–H and O–H groups in total. The molecule has 0 fully saturated rings. The van der Waals surface area contributed by atoms with Gasteiger partial charge in [-0.25, -0.2) is 9.97 Å². The van der Waals surface area contributed by atoms with Crippen molar-refractivity contribution >= 4 is 27.4 Å². The van der Waals surface area contributed by atoms with E-state index < -0.39 is 0 Å². The highest BCUT2D eigenvalue weighted by Gasteiger charge is 2.11. The van der Waals surface area contributed by atoms with Crippen LogP contribution in [0.5, 0.6) is 0 Å². The Balaban J connectivity index is 2.08. The summed E-state index contributed by atoms with van der Waals surface area (Å²) >= 11 is 1.41. The van der Waals surface area contributed by atoms with Gasteiger partial charge in [-0.15, -0.1) is 11.3 Å². The molecule has 3 aromatic rings. The van der Waals surface area contributed by atoms with E-state index in [2.05, 4.69) is 25.3 Å². The molecule has 3 aromatic heterocycles. The van der Waals surface area contributed by atoms with E-state index in [0.717, 1.165) is 0 Å². The monoisotopic (exact) mass is 289 g/mol. The van der Waals surface area contributed by atoms with Crippen molar-refractivity contribution in [2.45, 2.75) is 0 Å². The Hall–Kier alpha value is -2.32. The fraction of sp³-hybridized carbons (Fsp3) is 0.167. The van der Waals surface area contributed by atoms with Crippen molar-refractivity contribution in [3.8, 4) is 11.4 Å². The van der Waals surface area contributed by atoms with Gasteiger partial charge in [0.15, 0.2) is 5.13 Å². The van der Waals surface area contributed by atoms with Crippen LogP contribution in [0.1, 0.15) is 0 Å². The molecule has 0 spiro atoms. The Bertz CT molecular complexity index is 798. The molecule has 0 atom stereocenters. The highest BCUT2D eigenvalue weighted by Crippen LogP contribution is 2.26. The van der Waals surface area contributed by atoms with Crippen LogP contribution in [0.3, 0.4) is 0 Å². The number of thiazole rings is 1. The van der Waals surface area contributed by atoms with Gasteiger partial charge < -0.3 is 15.4 Å². The van der Waals surface area contributed by atoms with Gasteiger partial charge in [-0.3, -0.25) is 9.78 Å². The van der Waals surface area contributed by atoms with Gasteiger partial charge in [0.2, 0.25) is 0 Å². The third kappa shape index (κ3) is 2.26. The summed E-state index contributed by atoms with van der Waals surface area (Å²) in [6.45, 7) is 0.478. The topological polar surface area (TPSA) is 104 Å². The molecule has 8 heteroatoms. The molecule has 3 rings (SSSR count). The third-order valence-corrected chi connectivity index (χ3v) is 3.49. The van der Waals surface area contributed by atoms with Gasteiger partial charge in [0.25, 0.3) is 5.56 Å². The highest BCUT2D eigenvalue weighted by atomic mass is 32.1. The molecular weight excluding hydrogens is 278 g/mol. The smallest absolute Gasteiger partial charge is 0.258 e. The minimum Gasteiger partial charge on any atom is -0.395 e. The largest absolute Gasteiger partial charge is 0.395 e. The minimum atomic E-state index is -0.201. The molecule has 0 amide bonds. The van der Waals surface area contributed by atoms with E-state index in [-0.39, 0.29) is 12.2 Å². The van der Waals surface area contributed by atoms with Crippen LogP contribution in [0, 0.1) is 0 Å². The number of anilines is 1. The van der Waals surface area contributed by atoms with Crippen molar-refractivity contribution < 1.29 is 5.11 Å². The van der Waals surface area contributed by atoms with Crippen LogP contribution in [0.2, 0.25) is 0 Å². The lowest BCUT2D eigenvalue weighted by molar-refractivity contribution is 0.311. The summed E-state index contributed by atoms with van der Waals surface area (Å²) in [6.07, 6.45) is 2.92. The van der Waals surface area contributed by atoms with Gasteiger partial charge in [0.05, 0.1) is 18.3 Å². The van der Waals surface area contributed by atoms with Crippen molar-refractivity contribution in [2.24, 2.45) is 0 Å². The molecular formula is C12H11N5O2S. The SMILES string of the molecule is O=c1[nH]cnc2c(-c3csc(NCCO)n3)nccc12.